The SMILES string of the molecule is Cc1cccc(OCCN(C)C(=O)C2CC23CCNCC3)c1.Cl. The molecule has 1 saturated carbocycles. The minimum atomic E-state index is 0. The molecular weight excluding hydrogens is 312 g/mol. The highest BCUT2D eigenvalue weighted by atomic mass is 35.5. The van der Waals surface area contributed by atoms with E-state index in [-0.39, 0.29) is 18.3 Å². The van der Waals surface area contributed by atoms with E-state index < -0.39 is 0 Å². The third-order valence-corrected chi connectivity index (χ3v) is 5.15. The van der Waals surface area contributed by atoms with Crippen molar-refractivity contribution in [2.45, 2.75) is 26.2 Å². The second-order valence-electron chi connectivity index (χ2n) is 6.79. The molecule has 0 bridgehead atoms. The van der Waals surface area contributed by atoms with Crippen molar-refractivity contribution in [3.8, 4) is 5.75 Å². The maximum Gasteiger partial charge on any atom is 0.226 e. The summed E-state index contributed by atoms with van der Waals surface area (Å²) < 4.78 is 5.74. The van der Waals surface area contributed by atoms with Gasteiger partial charge in [0.15, 0.2) is 0 Å². The quantitative estimate of drug-likeness (QED) is 0.897. The van der Waals surface area contributed by atoms with E-state index in [0.29, 0.717) is 24.5 Å². The Balaban J connectivity index is 0.00000192. The molecule has 4 nitrogen and oxygen atoms in total. The fourth-order valence-corrected chi connectivity index (χ4v) is 3.56. The van der Waals surface area contributed by atoms with Crippen LogP contribution in [-0.4, -0.2) is 44.1 Å². The number of benzene rings is 1. The molecule has 128 valence electrons. The van der Waals surface area contributed by atoms with Crippen LogP contribution in [0.5, 0.6) is 5.75 Å². The average molecular weight is 339 g/mol. The molecule has 0 aromatic heterocycles. The van der Waals surface area contributed by atoms with Crippen LogP contribution >= 0.6 is 12.4 Å². The van der Waals surface area contributed by atoms with Crippen LogP contribution in [0.25, 0.3) is 0 Å². The zero-order valence-corrected chi connectivity index (χ0v) is 14.8. The monoisotopic (exact) mass is 338 g/mol. The first-order valence-electron chi connectivity index (χ1n) is 8.26. The molecule has 1 spiro atoms. The Morgan fingerprint density at radius 2 is 2.13 bits per heavy atom. The second-order valence-corrected chi connectivity index (χ2v) is 6.79. The van der Waals surface area contributed by atoms with E-state index in [9.17, 15) is 4.79 Å². The predicted octanol–water partition coefficient (Wildman–Crippen LogP) is 2.64. The molecule has 3 rings (SSSR count). The van der Waals surface area contributed by atoms with Crippen LogP contribution in [0.2, 0.25) is 0 Å². The van der Waals surface area contributed by atoms with E-state index >= 15 is 0 Å². The number of amides is 1. The lowest BCUT2D eigenvalue weighted by molar-refractivity contribution is -0.132. The molecule has 1 heterocycles. The molecule has 2 aliphatic rings. The summed E-state index contributed by atoms with van der Waals surface area (Å²) in [5.74, 6) is 1.43. The van der Waals surface area contributed by atoms with E-state index in [2.05, 4.69) is 5.32 Å². The maximum atomic E-state index is 12.5. The Morgan fingerprint density at radius 3 is 2.83 bits per heavy atom. The van der Waals surface area contributed by atoms with Crippen LogP contribution < -0.4 is 10.1 Å². The van der Waals surface area contributed by atoms with E-state index in [4.69, 9.17) is 4.74 Å². The lowest BCUT2D eigenvalue weighted by atomic mass is 9.91. The first-order valence-corrected chi connectivity index (χ1v) is 8.26. The Kier molecular flexibility index (Phi) is 5.93. The first-order chi connectivity index (χ1) is 10.6. The summed E-state index contributed by atoms with van der Waals surface area (Å²) in [6, 6.07) is 8.02. The van der Waals surface area contributed by atoms with Crippen molar-refractivity contribution in [2.24, 2.45) is 11.3 Å². The Bertz CT molecular complexity index is 544. The molecule has 0 radical (unpaired) electrons. The zero-order valence-electron chi connectivity index (χ0n) is 14.0. The highest BCUT2D eigenvalue weighted by molar-refractivity contribution is 5.85. The molecule has 1 aromatic rings. The van der Waals surface area contributed by atoms with Gasteiger partial charge in [-0.3, -0.25) is 4.79 Å². The van der Waals surface area contributed by atoms with Crippen LogP contribution in [-0.2, 0) is 4.79 Å². The number of carbonyl (C=O) groups excluding carboxylic acids is 1. The van der Waals surface area contributed by atoms with E-state index in [1.54, 1.807) is 0 Å². The summed E-state index contributed by atoms with van der Waals surface area (Å²) in [4.78, 5) is 14.4. The minimum Gasteiger partial charge on any atom is -0.492 e. The molecule has 1 unspecified atom stereocenters. The molecule has 23 heavy (non-hydrogen) atoms. The molecule has 1 aliphatic heterocycles. The van der Waals surface area contributed by atoms with Gasteiger partial charge in [-0.05, 0) is 62.4 Å². The van der Waals surface area contributed by atoms with Crippen molar-refractivity contribution in [1.82, 2.24) is 10.2 Å². The normalized spacial score (nSPS) is 21.4. The van der Waals surface area contributed by atoms with Gasteiger partial charge >= 0.3 is 0 Å². The van der Waals surface area contributed by atoms with Crippen molar-refractivity contribution in [3.05, 3.63) is 29.8 Å². The van der Waals surface area contributed by atoms with Crippen LogP contribution in [0.1, 0.15) is 24.8 Å². The summed E-state index contributed by atoms with van der Waals surface area (Å²) in [5.41, 5.74) is 1.50. The number of nitrogens with zero attached hydrogens (tertiary/aromatic N) is 1. The van der Waals surface area contributed by atoms with Gasteiger partial charge in [0.25, 0.3) is 0 Å². The number of ether oxygens (including phenoxy) is 1. The summed E-state index contributed by atoms with van der Waals surface area (Å²) >= 11 is 0. The zero-order chi connectivity index (χ0) is 15.6. The Hall–Kier alpha value is -1.26. The van der Waals surface area contributed by atoms with Crippen LogP contribution in [0, 0.1) is 18.3 Å². The van der Waals surface area contributed by atoms with Gasteiger partial charge < -0.3 is 15.0 Å². The van der Waals surface area contributed by atoms with Crippen molar-refractivity contribution < 1.29 is 9.53 Å². The molecule has 1 amide bonds. The molecule has 1 aromatic carbocycles. The lowest BCUT2D eigenvalue weighted by Gasteiger charge is -2.25. The van der Waals surface area contributed by atoms with Gasteiger partial charge in [0, 0.05) is 13.0 Å². The van der Waals surface area contributed by atoms with E-state index in [0.717, 1.165) is 38.1 Å². The highest BCUT2D eigenvalue weighted by Crippen LogP contribution is 2.59. The van der Waals surface area contributed by atoms with Gasteiger partial charge in [0.1, 0.15) is 12.4 Å². The summed E-state index contributed by atoms with van der Waals surface area (Å²) in [6.07, 6.45) is 3.38. The summed E-state index contributed by atoms with van der Waals surface area (Å²) in [6.45, 7) is 5.37. The number of likely N-dealkylation sites (N-methyl/N-ethyl adjacent to an activating group) is 1. The van der Waals surface area contributed by atoms with Crippen molar-refractivity contribution >= 4 is 18.3 Å². The number of hydrogen-bond donors (Lipinski definition) is 1. The molecule has 1 atom stereocenters. The smallest absolute Gasteiger partial charge is 0.226 e. The number of aryl methyl sites for hydroxylation is 1. The highest BCUT2D eigenvalue weighted by Gasteiger charge is 2.58. The molecule has 1 saturated heterocycles. The number of halogens is 1. The Labute approximate surface area is 145 Å². The first kappa shape index (κ1) is 18.1. The van der Waals surface area contributed by atoms with Gasteiger partial charge in [-0.2, -0.15) is 0 Å². The number of hydrogen-bond acceptors (Lipinski definition) is 3. The molecule has 1 N–H and O–H groups in total. The van der Waals surface area contributed by atoms with Crippen molar-refractivity contribution in [1.29, 1.82) is 0 Å². The van der Waals surface area contributed by atoms with Crippen molar-refractivity contribution in [3.63, 3.8) is 0 Å². The third-order valence-electron chi connectivity index (χ3n) is 5.15. The molecule has 5 heteroatoms. The number of nitrogens with one attached hydrogen (secondary N) is 1. The fraction of sp³-hybridized carbons (Fsp3) is 0.611. The molecule has 2 fully saturated rings. The minimum absolute atomic E-state index is 0. The standard InChI is InChI=1S/C18H26N2O2.ClH/c1-14-4-3-5-15(12-14)22-11-10-20(2)17(21)16-13-18(16)6-8-19-9-7-18;/h3-5,12,16,19H,6-11,13H2,1-2H3;1H. The van der Waals surface area contributed by atoms with Crippen LogP contribution in [0.4, 0.5) is 0 Å². The summed E-state index contributed by atoms with van der Waals surface area (Å²) in [5, 5.41) is 3.38. The maximum absolute atomic E-state index is 12.5. The third kappa shape index (κ3) is 4.18. The van der Waals surface area contributed by atoms with Crippen LogP contribution in [0.3, 0.4) is 0 Å². The van der Waals surface area contributed by atoms with Crippen molar-refractivity contribution in [2.75, 3.05) is 33.3 Å². The van der Waals surface area contributed by atoms with Gasteiger partial charge in [0.05, 0.1) is 6.54 Å². The number of piperidine rings is 1. The van der Waals surface area contributed by atoms with Gasteiger partial charge in [-0.15, -0.1) is 12.4 Å². The molecular formula is C18H27ClN2O2. The predicted molar refractivity (Wildman–Crippen MR) is 94.2 cm³/mol. The van der Waals surface area contributed by atoms with Gasteiger partial charge in [-0.1, -0.05) is 12.1 Å². The number of carbonyl (C=O) groups is 1. The van der Waals surface area contributed by atoms with Gasteiger partial charge in [0.2, 0.25) is 5.91 Å². The van der Waals surface area contributed by atoms with Crippen LogP contribution in [0.15, 0.2) is 24.3 Å². The topological polar surface area (TPSA) is 41.6 Å². The Morgan fingerprint density at radius 1 is 1.39 bits per heavy atom. The van der Waals surface area contributed by atoms with E-state index in [1.807, 2.05) is 43.1 Å². The lowest BCUT2D eigenvalue weighted by Crippen LogP contribution is -2.36. The summed E-state index contributed by atoms with van der Waals surface area (Å²) in [7, 11) is 1.90. The average Bonchev–Trinajstić information content (AvgIpc) is 3.20. The fourth-order valence-electron chi connectivity index (χ4n) is 3.56. The molecule has 1 aliphatic carbocycles. The second kappa shape index (κ2) is 7.54. The number of rotatable bonds is 5. The largest absolute Gasteiger partial charge is 0.492 e. The van der Waals surface area contributed by atoms with Gasteiger partial charge in [-0.25, -0.2) is 0 Å². The van der Waals surface area contributed by atoms with E-state index in [1.165, 1.54) is 5.56 Å².